The van der Waals surface area contributed by atoms with E-state index in [9.17, 15) is 19.7 Å². The second-order valence-electron chi connectivity index (χ2n) is 6.20. The lowest BCUT2D eigenvalue weighted by molar-refractivity contribution is -0.384. The number of nitro groups is 1. The Kier molecular flexibility index (Phi) is 6.26. The quantitative estimate of drug-likeness (QED) is 0.448. The molecule has 2 aromatic carbocycles. The first-order valence-electron chi connectivity index (χ1n) is 8.48. The molecule has 0 bridgehead atoms. The number of thiophene rings is 1. The number of rotatable bonds is 6. The van der Waals surface area contributed by atoms with Crippen LogP contribution in [0, 0.1) is 10.1 Å². The monoisotopic (exact) mass is 429 g/mol. The molecule has 3 rings (SSSR count). The van der Waals surface area contributed by atoms with Gasteiger partial charge in [0.15, 0.2) is 0 Å². The van der Waals surface area contributed by atoms with E-state index in [1.165, 1.54) is 34.4 Å². The summed E-state index contributed by atoms with van der Waals surface area (Å²) in [6, 6.07) is 14.1. The van der Waals surface area contributed by atoms with Crippen LogP contribution in [-0.4, -0.2) is 28.7 Å². The van der Waals surface area contributed by atoms with Gasteiger partial charge in [-0.2, -0.15) is 0 Å². The zero-order chi connectivity index (χ0) is 21.0. The van der Waals surface area contributed by atoms with Crippen molar-refractivity contribution in [2.75, 3.05) is 12.4 Å². The molecule has 1 N–H and O–H groups in total. The summed E-state index contributed by atoms with van der Waals surface area (Å²) in [5, 5.41) is 15.9. The largest absolute Gasteiger partial charge is 0.337 e. The van der Waals surface area contributed by atoms with Crippen molar-refractivity contribution in [2.45, 2.75) is 6.54 Å². The van der Waals surface area contributed by atoms with Gasteiger partial charge in [0.1, 0.15) is 0 Å². The van der Waals surface area contributed by atoms with Crippen LogP contribution >= 0.6 is 22.9 Å². The van der Waals surface area contributed by atoms with Crippen LogP contribution in [0.4, 0.5) is 11.4 Å². The molecular weight excluding hydrogens is 414 g/mol. The Labute approximate surface area is 175 Å². The third-order valence-electron chi connectivity index (χ3n) is 4.13. The molecule has 0 atom stereocenters. The minimum absolute atomic E-state index is 0.0870. The second kappa shape index (κ2) is 8.85. The van der Waals surface area contributed by atoms with E-state index in [1.807, 2.05) is 5.38 Å². The zero-order valence-corrected chi connectivity index (χ0v) is 16.9. The van der Waals surface area contributed by atoms with E-state index in [-0.39, 0.29) is 24.0 Å². The predicted octanol–water partition coefficient (Wildman–Crippen LogP) is 4.83. The molecule has 148 valence electrons. The highest BCUT2D eigenvalue weighted by Gasteiger charge is 2.16. The van der Waals surface area contributed by atoms with E-state index in [0.29, 0.717) is 26.7 Å². The fraction of sp³-hybridized carbons (Fsp3) is 0.100. The molecule has 0 aliphatic heterocycles. The Balaban J connectivity index is 1.68. The summed E-state index contributed by atoms with van der Waals surface area (Å²) in [5.74, 6) is -0.486. The van der Waals surface area contributed by atoms with Gasteiger partial charge in [-0.15, -0.1) is 11.3 Å². The van der Waals surface area contributed by atoms with Crippen LogP contribution in [0.2, 0.25) is 5.02 Å². The molecule has 1 heterocycles. The Hall–Kier alpha value is -3.23. The van der Waals surface area contributed by atoms with Gasteiger partial charge >= 0.3 is 0 Å². The maximum Gasteiger partial charge on any atom is 0.269 e. The van der Waals surface area contributed by atoms with Gasteiger partial charge in [0.25, 0.3) is 17.5 Å². The average molecular weight is 430 g/mol. The van der Waals surface area contributed by atoms with Crippen LogP contribution in [0.15, 0.2) is 60.0 Å². The van der Waals surface area contributed by atoms with Crippen molar-refractivity contribution in [1.82, 2.24) is 4.90 Å². The van der Waals surface area contributed by atoms with E-state index in [2.05, 4.69) is 5.32 Å². The van der Waals surface area contributed by atoms with Gasteiger partial charge in [0.05, 0.1) is 9.80 Å². The summed E-state index contributed by atoms with van der Waals surface area (Å²) in [7, 11) is 1.59. The molecule has 3 aromatic rings. The third-order valence-corrected chi connectivity index (χ3v) is 5.37. The topological polar surface area (TPSA) is 92.5 Å². The summed E-state index contributed by atoms with van der Waals surface area (Å²) in [6.07, 6.45) is 0. The van der Waals surface area contributed by atoms with E-state index < -0.39 is 4.92 Å². The maximum absolute atomic E-state index is 12.7. The Morgan fingerprint density at radius 1 is 1.17 bits per heavy atom. The molecule has 0 saturated heterocycles. The van der Waals surface area contributed by atoms with Gasteiger partial charge in [0.2, 0.25) is 0 Å². The Bertz CT molecular complexity index is 1050. The van der Waals surface area contributed by atoms with Crippen molar-refractivity contribution in [3.63, 3.8) is 0 Å². The Morgan fingerprint density at radius 2 is 1.90 bits per heavy atom. The molecule has 2 amide bonds. The molecule has 1 aromatic heterocycles. The van der Waals surface area contributed by atoms with Crippen LogP contribution in [0.1, 0.15) is 25.6 Å². The van der Waals surface area contributed by atoms with Gasteiger partial charge in [-0.1, -0.05) is 17.7 Å². The molecule has 9 heteroatoms. The summed E-state index contributed by atoms with van der Waals surface area (Å²) in [5.41, 5.74) is 1.39. The standard InChI is InChI=1S/C20H16ClN3O4S/c1-23(12-14-11-16(24(27)28)8-9-17(14)21)20(26)13-4-6-15(7-5-13)22-19(25)18-3-2-10-29-18/h2-11H,12H2,1H3,(H,22,25). The van der Waals surface area contributed by atoms with E-state index >= 15 is 0 Å². The number of nitro benzene ring substituents is 1. The van der Waals surface area contributed by atoms with Crippen LogP contribution in [0.3, 0.4) is 0 Å². The molecule has 7 nitrogen and oxygen atoms in total. The van der Waals surface area contributed by atoms with Crippen molar-refractivity contribution < 1.29 is 14.5 Å². The number of benzene rings is 2. The average Bonchev–Trinajstić information content (AvgIpc) is 3.24. The summed E-state index contributed by atoms with van der Waals surface area (Å²) < 4.78 is 0. The first kappa shape index (κ1) is 20.5. The van der Waals surface area contributed by atoms with Crippen molar-refractivity contribution in [3.05, 3.63) is 91.1 Å². The fourth-order valence-electron chi connectivity index (χ4n) is 2.64. The van der Waals surface area contributed by atoms with E-state index in [0.717, 1.165) is 0 Å². The maximum atomic E-state index is 12.7. The van der Waals surface area contributed by atoms with Crippen LogP contribution in [0.25, 0.3) is 0 Å². The number of nitrogens with zero attached hydrogens (tertiary/aromatic N) is 2. The highest BCUT2D eigenvalue weighted by molar-refractivity contribution is 7.12. The number of anilines is 1. The third kappa shape index (κ3) is 4.98. The second-order valence-corrected chi connectivity index (χ2v) is 7.56. The van der Waals surface area contributed by atoms with Crippen LogP contribution < -0.4 is 5.32 Å². The van der Waals surface area contributed by atoms with Crippen LogP contribution in [-0.2, 0) is 6.54 Å². The van der Waals surface area contributed by atoms with Crippen molar-refractivity contribution in [1.29, 1.82) is 0 Å². The molecule has 0 unspecified atom stereocenters. The number of carbonyl (C=O) groups excluding carboxylic acids is 2. The van der Waals surface area contributed by atoms with Gasteiger partial charge in [-0.3, -0.25) is 19.7 Å². The highest BCUT2D eigenvalue weighted by atomic mass is 35.5. The van der Waals surface area contributed by atoms with E-state index in [1.54, 1.807) is 43.4 Å². The predicted molar refractivity (Wildman–Crippen MR) is 113 cm³/mol. The Morgan fingerprint density at radius 3 is 2.52 bits per heavy atom. The fourth-order valence-corrected chi connectivity index (χ4v) is 3.44. The summed E-state index contributed by atoms with van der Waals surface area (Å²) >= 11 is 7.45. The minimum Gasteiger partial charge on any atom is -0.337 e. The van der Waals surface area contributed by atoms with Crippen molar-refractivity contribution in [2.24, 2.45) is 0 Å². The number of hydrogen-bond donors (Lipinski definition) is 1. The number of nitrogens with one attached hydrogen (secondary N) is 1. The number of carbonyl (C=O) groups is 2. The van der Waals surface area contributed by atoms with Gasteiger partial charge in [0, 0.05) is 42.0 Å². The summed E-state index contributed by atoms with van der Waals surface area (Å²) in [4.78, 5) is 37.2. The molecule has 0 spiro atoms. The molecule has 0 radical (unpaired) electrons. The minimum atomic E-state index is -0.509. The SMILES string of the molecule is CN(Cc1cc([N+](=O)[O-])ccc1Cl)C(=O)c1ccc(NC(=O)c2cccs2)cc1. The van der Waals surface area contributed by atoms with E-state index in [4.69, 9.17) is 11.6 Å². The number of hydrogen-bond acceptors (Lipinski definition) is 5. The van der Waals surface area contributed by atoms with Gasteiger partial charge < -0.3 is 10.2 Å². The zero-order valence-electron chi connectivity index (χ0n) is 15.3. The molecule has 0 aliphatic rings. The smallest absolute Gasteiger partial charge is 0.269 e. The van der Waals surface area contributed by atoms with Crippen molar-refractivity contribution >= 4 is 46.1 Å². The number of halogens is 1. The lowest BCUT2D eigenvalue weighted by atomic mass is 10.1. The molecule has 29 heavy (non-hydrogen) atoms. The first-order chi connectivity index (χ1) is 13.8. The highest BCUT2D eigenvalue weighted by Crippen LogP contribution is 2.24. The van der Waals surface area contributed by atoms with Gasteiger partial charge in [-0.25, -0.2) is 0 Å². The summed E-state index contributed by atoms with van der Waals surface area (Å²) in [6.45, 7) is 0.121. The number of non-ortho nitro benzene ring substituents is 1. The molecular formula is C20H16ClN3O4S. The van der Waals surface area contributed by atoms with Gasteiger partial charge in [-0.05, 0) is 47.3 Å². The molecule has 0 saturated carbocycles. The number of amides is 2. The lowest BCUT2D eigenvalue weighted by Crippen LogP contribution is -2.26. The normalized spacial score (nSPS) is 10.4. The van der Waals surface area contributed by atoms with Crippen LogP contribution in [0.5, 0.6) is 0 Å². The molecule has 0 aliphatic carbocycles. The first-order valence-corrected chi connectivity index (χ1v) is 9.74. The van der Waals surface area contributed by atoms with Crippen molar-refractivity contribution in [3.8, 4) is 0 Å². The molecule has 0 fully saturated rings. The lowest BCUT2D eigenvalue weighted by Gasteiger charge is -2.18.